The van der Waals surface area contributed by atoms with E-state index >= 15 is 0 Å². The summed E-state index contributed by atoms with van der Waals surface area (Å²) in [6.45, 7) is 3.79. The molecule has 1 amide bonds. The summed E-state index contributed by atoms with van der Waals surface area (Å²) in [7, 11) is 1.65. The number of benzene rings is 3. The van der Waals surface area contributed by atoms with Gasteiger partial charge in [0.05, 0.1) is 24.8 Å². The highest BCUT2D eigenvalue weighted by Gasteiger charge is 2.12. The van der Waals surface area contributed by atoms with Crippen LogP contribution in [0.1, 0.15) is 41.5 Å². The summed E-state index contributed by atoms with van der Waals surface area (Å²) < 4.78 is 26.8. The third-order valence-electron chi connectivity index (χ3n) is 6.05. The summed E-state index contributed by atoms with van der Waals surface area (Å²) >= 11 is 0. The number of ether oxygens (including phenoxy) is 2. The van der Waals surface area contributed by atoms with Crippen LogP contribution in [-0.2, 0) is 13.0 Å². The maximum absolute atomic E-state index is 13.1. The lowest BCUT2D eigenvalue weighted by molar-refractivity contribution is 0.0954. The highest BCUT2D eigenvalue weighted by molar-refractivity contribution is 5.94. The lowest BCUT2D eigenvalue weighted by atomic mass is 10.2. The number of fused-ring (bicyclic) bond motifs is 1. The second-order valence-corrected chi connectivity index (χ2v) is 8.65. The van der Waals surface area contributed by atoms with E-state index in [1.807, 2.05) is 55.5 Å². The van der Waals surface area contributed by atoms with E-state index in [9.17, 15) is 9.18 Å². The highest BCUT2D eigenvalue weighted by Crippen LogP contribution is 2.29. The zero-order chi connectivity index (χ0) is 26.0. The summed E-state index contributed by atoms with van der Waals surface area (Å²) in [6, 6.07) is 19.5. The average molecular weight is 502 g/mol. The minimum atomic E-state index is -0.364. The molecule has 3 aromatic carbocycles. The molecule has 0 fully saturated rings. The lowest BCUT2D eigenvalue weighted by Crippen LogP contribution is -2.26. The number of aromatic nitrogens is 2. The zero-order valence-electron chi connectivity index (χ0n) is 21.2. The Kier molecular flexibility index (Phi) is 8.92. The van der Waals surface area contributed by atoms with Crippen LogP contribution in [0.3, 0.4) is 0 Å². The highest BCUT2D eigenvalue weighted by atomic mass is 19.1. The Labute approximate surface area is 216 Å². The van der Waals surface area contributed by atoms with Gasteiger partial charge < -0.3 is 19.4 Å². The van der Waals surface area contributed by atoms with E-state index in [0.717, 1.165) is 53.3 Å². The van der Waals surface area contributed by atoms with Gasteiger partial charge in [0.1, 0.15) is 11.6 Å². The van der Waals surface area contributed by atoms with Gasteiger partial charge in [-0.15, -0.1) is 0 Å². The van der Waals surface area contributed by atoms with Crippen LogP contribution in [0.4, 0.5) is 4.39 Å². The monoisotopic (exact) mass is 501 g/mol. The van der Waals surface area contributed by atoms with Crippen molar-refractivity contribution in [3.63, 3.8) is 0 Å². The van der Waals surface area contributed by atoms with Crippen molar-refractivity contribution in [1.82, 2.24) is 14.9 Å². The Morgan fingerprint density at radius 3 is 2.65 bits per heavy atom. The van der Waals surface area contributed by atoms with Gasteiger partial charge in [0.15, 0.2) is 11.5 Å². The number of hydrogen-bond donors (Lipinski definition) is 1. The van der Waals surface area contributed by atoms with Gasteiger partial charge in [-0.25, -0.2) is 9.37 Å². The molecule has 0 atom stereocenters. The van der Waals surface area contributed by atoms with Crippen molar-refractivity contribution in [2.45, 2.75) is 32.7 Å². The van der Waals surface area contributed by atoms with Gasteiger partial charge in [-0.05, 0) is 73.9 Å². The number of allylic oxidation sites excluding steroid dienone is 1. The van der Waals surface area contributed by atoms with Crippen molar-refractivity contribution in [3.8, 4) is 11.5 Å². The van der Waals surface area contributed by atoms with Gasteiger partial charge in [-0.3, -0.25) is 4.79 Å². The van der Waals surface area contributed by atoms with Crippen molar-refractivity contribution in [1.29, 1.82) is 0 Å². The van der Waals surface area contributed by atoms with Gasteiger partial charge in [0, 0.05) is 25.1 Å². The fourth-order valence-electron chi connectivity index (χ4n) is 4.21. The lowest BCUT2D eigenvalue weighted by Gasteiger charge is -2.13. The van der Waals surface area contributed by atoms with Crippen LogP contribution in [0.15, 0.2) is 72.8 Å². The van der Waals surface area contributed by atoms with Gasteiger partial charge in [0.25, 0.3) is 5.91 Å². The van der Waals surface area contributed by atoms with E-state index in [0.29, 0.717) is 25.1 Å². The van der Waals surface area contributed by atoms with Gasteiger partial charge in [-0.1, -0.05) is 30.4 Å². The summed E-state index contributed by atoms with van der Waals surface area (Å²) in [6.07, 6.45) is 6.38. The first kappa shape index (κ1) is 25.9. The molecule has 6 nitrogen and oxygen atoms in total. The van der Waals surface area contributed by atoms with Crippen LogP contribution in [-0.4, -0.2) is 35.7 Å². The van der Waals surface area contributed by atoms with Crippen LogP contribution >= 0.6 is 0 Å². The Bertz CT molecular complexity index is 1360. The van der Waals surface area contributed by atoms with E-state index < -0.39 is 0 Å². The third-order valence-corrected chi connectivity index (χ3v) is 6.05. The molecule has 1 aromatic heterocycles. The largest absolute Gasteiger partial charge is 0.493 e. The van der Waals surface area contributed by atoms with Crippen LogP contribution in [0.5, 0.6) is 11.5 Å². The Morgan fingerprint density at radius 1 is 1.05 bits per heavy atom. The number of aryl methyl sites for hydroxylation is 1. The molecule has 0 spiro atoms. The van der Waals surface area contributed by atoms with E-state index in [1.165, 1.54) is 24.3 Å². The van der Waals surface area contributed by atoms with Crippen LogP contribution in [0.25, 0.3) is 17.1 Å². The van der Waals surface area contributed by atoms with Crippen molar-refractivity contribution in [2.24, 2.45) is 0 Å². The second-order valence-electron chi connectivity index (χ2n) is 8.65. The van der Waals surface area contributed by atoms with Gasteiger partial charge in [0.2, 0.25) is 0 Å². The standard InChI is InChI=1S/C30H32FN3O3/c1-3-8-22-11-16-27(28(21-22)36-2)37-20-7-6-19-34-26-10-5-4-9-25(26)33-29(34)17-18-32-30(35)23-12-14-24(31)15-13-23/h3-5,8-16,21H,6-7,17-20H2,1-2H3,(H,32,35)/b8-3+. The molecule has 0 bridgehead atoms. The Balaban J connectivity index is 1.33. The fraction of sp³-hybridized carbons (Fsp3) is 0.267. The summed E-state index contributed by atoms with van der Waals surface area (Å²) in [4.78, 5) is 17.2. The first-order valence-corrected chi connectivity index (χ1v) is 12.5. The number of carbonyl (C=O) groups is 1. The molecule has 0 aliphatic rings. The van der Waals surface area contributed by atoms with Crippen molar-refractivity contribution in [3.05, 3.63) is 95.6 Å². The number of carbonyl (C=O) groups excluding carboxylic acids is 1. The molecule has 7 heteroatoms. The SMILES string of the molecule is C/C=C/c1ccc(OCCCCn2c(CCNC(=O)c3ccc(F)cc3)nc3ccccc32)c(OC)c1. The number of hydrogen-bond acceptors (Lipinski definition) is 4. The molecular formula is C30H32FN3O3. The van der Waals surface area contributed by atoms with Crippen molar-refractivity contribution < 1.29 is 18.7 Å². The Hall–Kier alpha value is -4.13. The summed E-state index contributed by atoms with van der Waals surface area (Å²) in [5.74, 6) is 1.79. The molecular weight excluding hydrogens is 469 g/mol. The minimum absolute atomic E-state index is 0.228. The number of nitrogens with zero attached hydrogens (tertiary/aromatic N) is 2. The molecule has 0 radical (unpaired) electrons. The minimum Gasteiger partial charge on any atom is -0.493 e. The Morgan fingerprint density at radius 2 is 1.86 bits per heavy atom. The number of imidazole rings is 1. The number of rotatable bonds is 12. The van der Waals surface area contributed by atoms with Crippen LogP contribution < -0.4 is 14.8 Å². The van der Waals surface area contributed by atoms with E-state index in [1.54, 1.807) is 7.11 Å². The second kappa shape index (κ2) is 12.7. The zero-order valence-corrected chi connectivity index (χ0v) is 21.2. The molecule has 1 N–H and O–H groups in total. The van der Waals surface area contributed by atoms with E-state index in [-0.39, 0.29) is 11.7 Å². The molecule has 0 aliphatic carbocycles. The number of para-hydroxylation sites is 2. The quantitative estimate of drug-likeness (QED) is 0.240. The number of amides is 1. The molecule has 1 heterocycles. The molecule has 37 heavy (non-hydrogen) atoms. The van der Waals surface area contributed by atoms with Gasteiger partial charge >= 0.3 is 0 Å². The molecule has 192 valence electrons. The first-order valence-electron chi connectivity index (χ1n) is 12.5. The predicted molar refractivity (Wildman–Crippen MR) is 145 cm³/mol. The normalized spacial score (nSPS) is 11.2. The molecule has 4 aromatic rings. The topological polar surface area (TPSA) is 65.4 Å². The maximum Gasteiger partial charge on any atom is 0.251 e. The number of nitrogens with one attached hydrogen (secondary N) is 1. The van der Waals surface area contributed by atoms with Crippen molar-refractivity contribution in [2.75, 3.05) is 20.3 Å². The molecule has 4 rings (SSSR count). The number of unbranched alkanes of at least 4 members (excludes halogenated alkanes) is 1. The number of methoxy groups -OCH3 is 1. The van der Waals surface area contributed by atoms with Gasteiger partial charge in [-0.2, -0.15) is 0 Å². The molecule has 0 saturated heterocycles. The average Bonchev–Trinajstić information content (AvgIpc) is 3.26. The smallest absolute Gasteiger partial charge is 0.251 e. The first-order chi connectivity index (χ1) is 18.1. The van der Waals surface area contributed by atoms with Crippen molar-refractivity contribution >= 4 is 23.0 Å². The third kappa shape index (κ3) is 6.76. The predicted octanol–water partition coefficient (Wildman–Crippen LogP) is 6.05. The van der Waals surface area contributed by atoms with E-state index in [4.69, 9.17) is 14.5 Å². The van der Waals surface area contributed by atoms with Crippen LogP contribution in [0.2, 0.25) is 0 Å². The maximum atomic E-state index is 13.1. The molecule has 0 aliphatic heterocycles. The summed E-state index contributed by atoms with van der Waals surface area (Å²) in [5, 5.41) is 2.90. The molecule has 0 unspecified atom stereocenters. The fourth-order valence-corrected chi connectivity index (χ4v) is 4.21. The van der Waals surface area contributed by atoms with E-state index in [2.05, 4.69) is 16.0 Å². The van der Waals surface area contributed by atoms with Crippen LogP contribution in [0, 0.1) is 5.82 Å². The summed E-state index contributed by atoms with van der Waals surface area (Å²) in [5.41, 5.74) is 3.51. The number of halogens is 1. The molecule has 0 saturated carbocycles.